The number of benzene rings is 1. The Labute approximate surface area is 218 Å². The van der Waals surface area contributed by atoms with E-state index in [-0.39, 0.29) is 35.6 Å². The molecule has 38 heavy (non-hydrogen) atoms. The van der Waals surface area contributed by atoms with Crippen molar-refractivity contribution in [3.05, 3.63) is 88.9 Å². The normalized spacial score (nSPS) is 21.0. The van der Waals surface area contributed by atoms with Crippen molar-refractivity contribution < 1.29 is 13.9 Å². The van der Waals surface area contributed by atoms with Gasteiger partial charge in [-0.3, -0.25) is 0 Å². The van der Waals surface area contributed by atoms with Gasteiger partial charge in [-0.2, -0.15) is 9.78 Å². The minimum atomic E-state index is -0.967. The molecule has 0 saturated carbocycles. The summed E-state index contributed by atoms with van der Waals surface area (Å²) >= 11 is 0. The molecule has 0 radical (unpaired) electrons. The second kappa shape index (κ2) is 9.50. The second-order valence-electron chi connectivity index (χ2n) is 9.52. The van der Waals surface area contributed by atoms with E-state index >= 15 is 0 Å². The molecular weight excluding hydrogens is 488 g/mol. The Bertz CT molecular complexity index is 1590. The lowest BCUT2D eigenvalue weighted by Gasteiger charge is -2.32. The van der Waals surface area contributed by atoms with Crippen LogP contribution >= 0.6 is 0 Å². The molecular formula is C28H25F2N7O. The van der Waals surface area contributed by atoms with Gasteiger partial charge in [-0.25, -0.2) is 23.7 Å². The number of halogens is 2. The number of hydrogen-bond donors (Lipinski definition) is 1. The summed E-state index contributed by atoms with van der Waals surface area (Å²) in [5.41, 5.74) is 1.34. The van der Waals surface area contributed by atoms with Crippen LogP contribution in [0, 0.1) is 36.8 Å². The number of allylic oxidation sites excluding steroid dienone is 1. The Morgan fingerprint density at radius 1 is 1.21 bits per heavy atom. The largest absolute Gasteiger partial charge is 0.388 e. The topological polar surface area (TPSA) is 102 Å². The first-order valence-corrected chi connectivity index (χ1v) is 12.0. The van der Waals surface area contributed by atoms with Crippen molar-refractivity contribution in [2.45, 2.75) is 45.1 Å². The molecule has 4 aromatic rings. The predicted molar refractivity (Wildman–Crippen MR) is 136 cm³/mol. The monoisotopic (exact) mass is 513 g/mol. The third-order valence-electron chi connectivity index (χ3n) is 7.22. The number of aliphatic hydroxyl groups is 1. The summed E-state index contributed by atoms with van der Waals surface area (Å²) in [5, 5.41) is 22.5. The fourth-order valence-corrected chi connectivity index (χ4v) is 5.07. The van der Waals surface area contributed by atoms with E-state index in [1.165, 1.54) is 22.9 Å². The highest BCUT2D eigenvalue weighted by Gasteiger charge is 2.44. The van der Waals surface area contributed by atoms with E-state index in [2.05, 4.69) is 37.8 Å². The summed E-state index contributed by atoms with van der Waals surface area (Å²) in [6.07, 6.45) is 8.12. The number of fused-ring (bicyclic) bond motifs is 1. The Balaban J connectivity index is 1.73. The Morgan fingerprint density at radius 3 is 2.61 bits per heavy atom. The Morgan fingerprint density at radius 2 is 1.95 bits per heavy atom. The lowest BCUT2D eigenvalue weighted by molar-refractivity contribution is 0.271. The molecule has 8 nitrogen and oxygen atoms in total. The van der Waals surface area contributed by atoms with Crippen LogP contribution in [0.25, 0.3) is 17.2 Å². The number of rotatable bonds is 4. The SMILES string of the molecule is C#C[C@H]1CC(C)C(=C)[C@@](C)(c2ccnc(-n3nc(CO)nc3C)n2)c2nnc(-c3c(F)cccc3F)cc21. The van der Waals surface area contributed by atoms with E-state index in [0.29, 0.717) is 29.2 Å². The zero-order valence-electron chi connectivity index (χ0n) is 21.2. The molecule has 1 aliphatic rings. The molecule has 3 atom stereocenters. The van der Waals surface area contributed by atoms with Crippen LogP contribution in [0.15, 0.2) is 48.7 Å². The maximum absolute atomic E-state index is 14.6. The highest BCUT2D eigenvalue weighted by Crippen LogP contribution is 2.48. The molecule has 0 fully saturated rings. The van der Waals surface area contributed by atoms with Crippen LogP contribution in [0.5, 0.6) is 0 Å². The number of hydrogen-bond acceptors (Lipinski definition) is 7. The van der Waals surface area contributed by atoms with Crippen LogP contribution < -0.4 is 0 Å². The minimum absolute atomic E-state index is 0.0450. The maximum atomic E-state index is 14.6. The zero-order chi connectivity index (χ0) is 27.2. The first kappa shape index (κ1) is 25.3. The molecule has 0 saturated heterocycles. The van der Waals surface area contributed by atoms with E-state index in [9.17, 15) is 13.9 Å². The molecule has 3 heterocycles. The van der Waals surface area contributed by atoms with Crippen LogP contribution in [0.1, 0.15) is 54.8 Å². The highest BCUT2D eigenvalue weighted by atomic mass is 19.1. The van der Waals surface area contributed by atoms with Crippen molar-refractivity contribution in [3.63, 3.8) is 0 Å². The first-order chi connectivity index (χ1) is 18.2. The number of nitrogens with zero attached hydrogens (tertiary/aromatic N) is 7. The molecule has 10 heteroatoms. The summed E-state index contributed by atoms with van der Waals surface area (Å²) < 4.78 is 30.7. The van der Waals surface area contributed by atoms with Crippen molar-refractivity contribution in [1.29, 1.82) is 0 Å². The average Bonchev–Trinajstić information content (AvgIpc) is 3.28. The van der Waals surface area contributed by atoms with E-state index < -0.39 is 23.0 Å². The third-order valence-corrected chi connectivity index (χ3v) is 7.22. The van der Waals surface area contributed by atoms with Crippen molar-refractivity contribution >= 4 is 0 Å². The summed E-state index contributed by atoms with van der Waals surface area (Å²) in [4.78, 5) is 13.4. The smallest absolute Gasteiger partial charge is 0.252 e. The molecule has 0 bridgehead atoms. The van der Waals surface area contributed by atoms with Gasteiger partial charge in [0.15, 0.2) is 5.82 Å². The number of aryl methyl sites for hydroxylation is 1. The Kier molecular flexibility index (Phi) is 6.33. The molecule has 192 valence electrons. The van der Waals surface area contributed by atoms with Gasteiger partial charge in [0.2, 0.25) is 0 Å². The molecule has 0 amide bonds. The van der Waals surface area contributed by atoms with Gasteiger partial charge in [0.05, 0.1) is 28.1 Å². The van der Waals surface area contributed by atoms with Crippen molar-refractivity contribution in [2.24, 2.45) is 5.92 Å². The molecule has 1 N–H and O–H groups in total. The van der Waals surface area contributed by atoms with E-state index in [1.54, 1.807) is 25.3 Å². The van der Waals surface area contributed by atoms with E-state index in [1.807, 2.05) is 13.8 Å². The van der Waals surface area contributed by atoms with Crippen molar-refractivity contribution in [2.75, 3.05) is 0 Å². The van der Waals surface area contributed by atoms with Crippen LogP contribution in [0.3, 0.4) is 0 Å². The molecule has 1 aliphatic carbocycles. The summed E-state index contributed by atoms with van der Waals surface area (Å²) in [7, 11) is 0. The number of aliphatic hydroxyl groups excluding tert-OH is 1. The third kappa shape index (κ3) is 3.96. The molecule has 0 spiro atoms. The molecule has 1 aromatic carbocycles. The van der Waals surface area contributed by atoms with Crippen LogP contribution in [-0.2, 0) is 12.0 Å². The fourth-order valence-electron chi connectivity index (χ4n) is 5.07. The average molecular weight is 514 g/mol. The van der Waals surface area contributed by atoms with Gasteiger partial charge < -0.3 is 5.11 Å². The highest BCUT2D eigenvalue weighted by molar-refractivity contribution is 5.63. The summed E-state index contributed by atoms with van der Waals surface area (Å²) in [5.74, 6) is 1.92. The van der Waals surface area contributed by atoms with E-state index in [0.717, 1.165) is 5.57 Å². The summed E-state index contributed by atoms with van der Waals surface area (Å²) in [6.45, 7) is 9.79. The standard InChI is InChI=1S/C28H25F2N7O/c1-6-18-12-15(2)16(3)28(5,23-10-11-31-27(33-23)37-17(4)32-24(14-38)36-37)26-19(18)13-22(34-35-26)25-20(29)8-7-9-21(25)30/h1,7-11,13,15,18,38H,3,12,14H2,2,4-5H3/t15?,18-,28-/m0/s1. The lowest BCUT2D eigenvalue weighted by atomic mass is 9.72. The Hall–Kier alpha value is -4.36. The fraction of sp³-hybridized carbons (Fsp3) is 0.286. The molecule has 1 unspecified atom stereocenters. The minimum Gasteiger partial charge on any atom is -0.388 e. The second-order valence-corrected chi connectivity index (χ2v) is 9.52. The maximum Gasteiger partial charge on any atom is 0.252 e. The first-order valence-electron chi connectivity index (χ1n) is 12.0. The van der Waals surface area contributed by atoms with Crippen molar-refractivity contribution in [3.8, 4) is 29.5 Å². The van der Waals surface area contributed by atoms with Gasteiger partial charge in [0.1, 0.15) is 24.1 Å². The molecule has 0 aliphatic heterocycles. The molecule has 3 aromatic heterocycles. The quantitative estimate of drug-likeness (QED) is 0.248. The summed E-state index contributed by atoms with van der Waals surface area (Å²) in [6, 6.07) is 7.03. The molecule has 5 rings (SSSR count). The van der Waals surface area contributed by atoms with Crippen LogP contribution in [0.4, 0.5) is 8.78 Å². The van der Waals surface area contributed by atoms with Gasteiger partial charge in [0, 0.05) is 12.1 Å². The van der Waals surface area contributed by atoms with Crippen LogP contribution in [0.2, 0.25) is 0 Å². The van der Waals surface area contributed by atoms with Gasteiger partial charge in [0.25, 0.3) is 5.95 Å². The van der Waals surface area contributed by atoms with Gasteiger partial charge >= 0.3 is 0 Å². The van der Waals surface area contributed by atoms with Crippen molar-refractivity contribution in [1.82, 2.24) is 34.9 Å². The van der Waals surface area contributed by atoms with Gasteiger partial charge in [-0.05, 0) is 56.0 Å². The zero-order valence-corrected chi connectivity index (χ0v) is 21.2. The van der Waals surface area contributed by atoms with Crippen LogP contribution in [-0.4, -0.2) is 40.0 Å². The predicted octanol–water partition coefficient (Wildman–Crippen LogP) is 4.21. The lowest BCUT2D eigenvalue weighted by Crippen LogP contribution is -2.32. The van der Waals surface area contributed by atoms with Gasteiger partial charge in [-0.15, -0.1) is 16.6 Å². The number of aromatic nitrogens is 7. The van der Waals surface area contributed by atoms with Gasteiger partial charge in [-0.1, -0.05) is 31.1 Å². The van der Waals surface area contributed by atoms with E-state index in [4.69, 9.17) is 11.4 Å². The number of terminal acetylenes is 1.